The second kappa shape index (κ2) is 57.2. The summed E-state index contributed by atoms with van der Waals surface area (Å²) >= 11 is 0. The van der Waals surface area contributed by atoms with Crippen LogP contribution in [0.1, 0.15) is 341 Å². The molecule has 0 aromatic carbocycles. The van der Waals surface area contributed by atoms with E-state index in [0.717, 1.165) is 44.9 Å². The number of hydrogen-bond acceptors (Lipinski definition) is 5. The second-order valence-electron chi connectivity index (χ2n) is 21.0. The van der Waals surface area contributed by atoms with Crippen molar-refractivity contribution >= 4 is 11.9 Å². The Morgan fingerprint density at radius 3 is 1.01 bits per heavy atom. The topological polar surface area (TPSA) is 95.9 Å². The van der Waals surface area contributed by atoms with Gasteiger partial charge in [0.25, 0.3) is 0 Å². The molecule has 0 aliphatic heterocycles. The van der Waals surface area contributed by atoms with Crippen LogP contribution in [-0.2, 0) is 14.3 Å². The molecule has 67 heavy (non-hydrogen) atoms. The summed E-state index contributed by atoms with van der Waals surface area (Å²) in [4.78, 5) is 24.5. The van der Waals surface area contributed by atoms with Crippen molar-refractivity contribution in [2.45, 2.75) is 353 Å². The van der Waals surface area contributed by atoms with E-state index in [9.17, 15) is 19.8 Å². The fourth-order valence-corrected chi connectivity index (χ4v) is 9.64. The number of rotatable bonds is 57. The molecule has 0 saturated carbocycles. The number of aliphatic hydroxyl groups excluding tert-OH is 2. The first-order valence-corrected chi connectivity index (χ1v) is 30.5. The van der Waals surface area contributed by atoms with Gasteiger partial charge in [0.1, 0.15) is 0 Å². The molecule has 3 N–H and O–H groups in total. The number of esters is 1. The van der Waals surface area contributed by atoms with Crippen LogP contribution in [0.3, 0.4) is 0 Å². The Kier molecular flexibility index (Phi) is 56.0. The van der Waals surface area contributed by atoms with E-state index in [1.165, 1.54) is 270 Å². The van der Waals surface area contributed by atoms with Crippen molar-refractivity contribution in [3.8, 4) is 0 Å². The molecular weight excluding hydrogens is 827 g/mol. The number of hydrogen-bond donors (Lipinski definition) is 3. The molecule has 398 valence electrons. The van der Waals surface area contributed by atoms with Crippen molar-refractivity contribution < 1.29 is 24.5 Å². The summed E-state index contributed by atoms with van der Waals surface area (Å²) in [5.74, 6) is -0.0694. The summed E-state index contributed by atoms with van der Waals surface area (Å²) in [6.45, 7) is 4.92. The van der Waals surface area contributed by atoms with Crippen LogP contribution in [0.5, 0.6) is 0 Å². The Bertz CT molecular complexity index is 1000. The van der Waals surface area contributed by atoms with Gasteiger partial charge in [0.05, 0.1) is 25.4 Å². The molecule has 2 atom stereocenters. The minimum atomic E-state index is -0.850. The molecule has 0 spiro atoms. The highest BCUT2D eigenvalue weighted by Gasteiger charge is 2.18. The molecule has 0 rings (SSSR count). The highest BCUT2D eigenvalue weighted by molar-refractivity contribution is 5.76. The predicted octanol–water partition coefficient (Wildman–Crippen LogP) is 18.9. The van der Waals surface area contributed by atoms with Gasteiger partial charge in [0.15, 0.2) is 0 Å². The molecule has 0 aliphatic rings. The van der Waals surface area contributed by atoms with Gasteiger partial charge in [0.2, 0.25) is 5.91 Å². The van der Waals surface area contributed by atoms with E-state index in [1.807, 2.05) is 6.08 Å². The van der Waals surface area contributed by atoms with Gasteiger partial charge in [-0.15, -0.1) is 0 Å². The summed E-state index contributed by atoms with van der Waals surface area (Å²) in [6.07, 6.45) is 68.1. The SMILES string of the molecule is CCCCCCCCCCCCCCCCCCCC/C=C/C(O)C(CO)NC(=O)CCCCCCCCCCCCCCCCCOC(=O)CCCCCCCCCCCCCCCCC. The lowest BCUT2D eigenvalue weighted by Crippen LogP contribution is -2.45. The highest BCUT2D eigenvalue weighted by atomic mass is 16.5. The monoisotopic (exact) mass is 946 g/mol. The standard InChI is InChI=1S/C61H119NO5/c1-3-5-7-9-11-13-15-17-19-20-21-22-23-26-29-33-37-41-45-49-53-59(64)58(57-63)62-60(65)54-50-46-42-38-34-30-27-24-28-32-36-40-44-48-52-56-67-61(66)55-51-47-43-39-35-31-25-18-16-14-12-10-8-6-4-2/h49,53,58-59,63-64H,3-48,50-52,54-57H2,1-2H3,(H,62,65)/b53-49+. The second-order valence-corrected chi connectivity index (χ2v) is 21.0. The Hall–Kier alpha value is -1.40. The number of carbonyl (C=O) groups is 2. The molecule has 0 bridgehead atoms. The summed E-state index contributed by atoms with van der Waals surface area (Å²) in [5.41, 5.74) is 0. The van der Waals surface area contributed by atoms with Gasteiger partial charge in [-0.1, -0.05) is 309 Å². The minimum Gasteiger partial charge on any atom is -0.466 e. The number of carbonyl (C=O) groups excluding carboxylic acids is 2. The van der Waals surface area contributed by atoms with Crippen LogP contribution < -0.4 is 5.32 Å². The molecule has 0 aromatic heterocycles. The van der Waals surface area contributed by atoms with E-state index in [2.05, 4.69) is 19.2 Å². The lowest BCUT2D eigenvalue weighted by molar-refractivity contribution is -0.143. The zero-order valence-corrected chi connectivity index (χ0v) is 45.4. The minimum absolute atomic E-state index is 0.00333. The summed E-state index contributed by atoms with van der Waals surface area (Å²) < 4.78 is 5.48. The lowest BCUT2D eigenvalue weighted by atomic mass is 10.0. The van der Waals surface area contributed by atoms with Crippen molar-refractivity contribution in [3.63, 3.8) is 0 Å². The van der Waals surface area contributed by atoms with Gasteiger partial charge in [-0.25, -0.2) is 0 Å². The summed E-state index contributed by atoms with van der Waals surface area (Å²) in [6, 6.07) is -0.634. The average molecular weight is 947 g/mol. The first kappa shape index (κ1) is 65.6. The summed E-state index contributed by atoms with van der Waals surface area (Å²) in [7, 11) is 0. The lowest BCUT2D eigenvalue weighted by Gasteiger charge is -2.20. The zero-order chi connectivity index (χ0) is 48.6. The molecule has 0 fully saturated rings. The molecule has 6 heteroatoms. The van der Waals surface area contributed by atoms with Crippen molar-refractivity contribution in [1.82, 2.24) is 5.32 Å². The van der Waals surface area contributed by atoms with Crippen molar-refractivity contribution in [1.29, 1.82) is 0 Å². The first-order valence-electron chi connectivity index (χ1n) is 30.5. The number of aliphatic hydroxyl groups is 2. The molecule has 0 aromatic rings. The van der Waals surface area contributed by atoms with Crippen LogP contribution in [0.4, 0.5) is 0 Å². The first-order chi connectivity index (χ1) is 33.0. The molecule has 2 unspecified atom stereocenters. The number of allylic oxidation sites excluding steroid dienone is 1. The Morgan fingerprint density at radius 2 is 0.687 bits per heavy atom. The van der Waals surface area contributed by atoms with Gasteiger partial charge in [0, 0.05) is 12.8 Å². The van der Waals surface area contributed by atoms with Gasteiger partial charge in [-0.05, 0) is 32.1 Å². The maximum atomic E-state index is 12.5. The molecule has 1 amide bonds. The van der Waals surface area contributed by atoms with E-state index in [4.69, 9.17) is 4.74 Å². The average Bonchev–Trinajstić information content (AvgIpc) is 3.33. The zero-order valence-electron chi connectivity index (χ0n) is 45.4. The van der Waals surface area contributed by atoms with Gasteiger partial charge in [-0.2, -0.15) is 0 Å². The van der Waals surface area contributed by atoms with E-state index in [-0.39, 0.29) is 18.5 Å². The molecular formula is C61H119NO5. The van der Waals surface area contributed by atoms with Crippen LogP contribution in [0.25, 0.3) is 0 Å². The van der Waals surface area contributed by atoms with E-state index >= 15 is 0 Å². The van der Waals surface area contributed by atoms with Crippen LogP contribution in [-0.4, -0.2) is 47.4 Å². The normalized spacial score (nSPS) is 12.6. The number of nitrogens with one attached hydrogen (secondary N) is 1. The molecule has 0 heterocycles. The van der Waals surface area contributed by atoms with Gasteiger partial charge in [-0.3, -0.25) is 9.59 Å². The van der Waals surface area contributed by atoms with Crippen molar-refractivity contribution in [2.75, 3.05) is 13.2 Å². The highest BCUT2D eigenvalue weighted by Crippen LogP contribution is 2.18. The number of amides is 1. The Morgan fingerprint density at radius 1 is 0.403 bits per heavy atom. The van der Waals surface area contributed by atoms with Crippen LogP contribution in [0.15, 0.2) is 12.2 Å². The third-order valence-electron chi connectivity index (χ3n) is 14.3. The fraction of sp³-hybridized carbons (Fsp3) is 0.934. The number of unbranched alkanes of at least 4 members (excludes halogenated alkanes) is 46. The smallest absolute Gasteiger partial charge is 0.305 e. The fourth-order valence-electron chi connectivity index (χ4n) is 9.64. The quantitative estimate of drug-likeness (QED) is 0.0321. The summed E-state index contributed by atoms with van der Waals surface area (Å²) in [5, 5.41) is 23.2. The van der Waals surface area contributed by atoms with Gasteiger partial charge < -0.3 is 20.3 Å². The molecule has 0 saturated heterocycles. The van der Waals surface area contributed by atoms with Crippen LogP contribution >= 0.6 is 0 Å². The Labute approximate surface area is 419 Å². The van der Waals surface area contributed by atoms with Crippen LogP contribution in [0, 0.1) is 0 Å². The van der Waals surface area contributed by atoms with E-state index in [1.54, 1.807) is 6.08 Å². The predicted molar refractivity (Wildman–Crippen MR) is 292 cm³/mol. The Balaban J connectivity index is 3.45. The molecule has 6 nitrogen and oxygen atoms in total. The third-order valence-corrected chi connectivity index (χ3v) is 14.3. The van der Waals surface area contributed by atoms with Crippen molar-refractivity contribution in [2.24, 2.45) is 0 Å². The van der Waals surface area contributed by atoms with E-state index < -0.39 is 12.1 Å². The third kappa shape index (κ3) is 53.8. The molecule has 0 aliphatic carbocycles. The van der Waals surface area contributed by atoms with E-state index in [0.29, 0.717) is 19.4 Å². The maximum absolute atomic E-state index is 12.5. The van der Waals surface area contributed by atoms with Crippen LogP contribution in [0.2, 0.25) is 0 Å². The largest absolute Gasteiger partial charge is 0.466 e. The van der Waals surface area contributed by atoms with Gasteiger partial charge >= 0.3 is 5.97 Å². The number of ether oxygens (including phenoxy) is 1. The molecule has 0 radical (unpaired) electrons. The van der Waals surface area contributed by atoms with Crippen molar-refractivity contribution in [3.05, 3.63) is 12.2 Å². The maximum Gasteiger partial charge on any atom is 0.305 e.